The lowest BCUT2D eigenvalue weighted by Gasteiger charge is -2.27. The number of hydrogen-bond acceptors (Lipinski definition) is 7. The monoisotopic (exact) mass is 348 g/mol. The van der Waals surface area contributed by atoms with Gasteiger partial charge in [0.1, 0.15) is 12.4 Å². The van der Waals surface area contributed by atoms with E-state index >= 15 is 0 Å². The highest BCUT2D eigenvalue weighted by molar-refractivity contribution is 5.88. The van der Waals surface area contributed by atoms with Gasteiger partial charge in [0.25, 0.3) is 0 Å². The molecule has 1 aromatic heterocycles. The molecule has 134 valence electrons. The highest BCUT2D eigenvalue weighted by atomic mass is 16.5. The molecule has 0 N–H and O–H groups in total. The zero-order chi connectivity index (χ0) is 18.1. The average Bonchev–Trinajstić information content (AvgIpc) is 3.16. The second-order valence-corrected chi connectivity index (χ2v) is 5.59. The Bertz CT molecular complexity index is 651. The Kier molecular flexibility index (Phi) is 7.08. The van der Waals surface area contributed by atoms with E-state index in [-0.39, 0.29) is 13.2 Å². The molecular weight excluding hydrogens is 328 g/mol. The molecule has 1 aliphatic carbocycles. The smallest absolute Gasteiger partial charge is 0.384 e. The summed E-state index contributed by atoms with van der Waals surface area (Å²) in [6.07, 6.45) is 4.33. The predicted octanol–water partition coefficient (Wildman–Crippen LogP) is 1.85. The minimum atomic E-state index is -0.701. The number of carbonyl (C=O) groups is 3. The summed E-state index contributed by atoms with van der Waals surface area (Å²) in [5, 5.41) is 0. The summed E-state index contributed by atoms with van der Waals surface area (Å²) < 4.78 is 19.8. The van der Waals surface area contributed by atoms with Gasteiger partial charge in [-0.2, -0.15) is 0 Å². The Hall–Kier alpha value is -2.75. The van der Waals surface area contributed by atoms with Gasteiger partial charge in [0.15, 0.2) is 6.61 Å². The first-order valence-electron chi connectivity index (χ1n) is 8.04. The first-order valence-corrected chi connectivity index (χ1v) is 8.04. The minimum absolute atomic E-state index is 0.0364. The minimum Gasteiger partial charge on any atom is -0.466 e. The number of ether oxygens (including phenoxy) is 3. The average molecular weight is 348 g/mol. The molecule has 1 aromatic rings. The van der Waals surface area contributed by atoms with Crippen molar-refractivity contribution < 1.29 is 33.0 Å². The fourth-order valence-corrected chi connectivity index (χ4v) is 2.71. The Morgan fingerprint density at radius 1 is 1.16 bits per heavy atom. The van der Waals surface area contributed by atoms with E-state index in [4.69, 9.17) is 13.9 Å². The van der Waals surface area contributed by atoms with Crippen LogP contribution in [-0.2, 0) is 35.2 Å². The second kappa shape index (κ2) is 9.52. The fraction of sp³-hybridized carbons (Fsp3) is 0.500. The third-order valence-electron chi connectivity index (χ3n) is 3.97. The number of rotatable bonds is 5. The Morgan fingerprint density at radius 3 is 2.44 bits per heavy atom. The Morgan fingerprint density at radius 2 is 1.84 bits per heavy atom. The van der Waals surface area contributed by atoms with Gasteiger partial charge in [0, 0.05) is 5.92 Å². The van der Waals surface area contributed by atoms with Crippen LogP contribution in [0.4, 0.5) is 0 Å². The van der Waals surface area contributed by atoms with Crippen LogP contribution >= 0.6 is 0 Å². The topological polar surface area (TPSA) is 92.0 Å². The zero-order valence-corrected chi connectivity index (χ0v) is 14.0. The molecule has 25 heavy (non-hydrogen) atoms. The van der Waals surface area contributed by atoms with Gasteiger partial charge in [-0.15, -0.1) is 0 Å². The van der Waals surface area contributed by atoms with E-state index in [2.05, 4.69) is 16.6 Å². The molecule has 0 spiro atoms. The van der Waals surface area contributed by atoms with Crippen molar-refractivity contribution in [1.29, 1.82) is 0 Å². The van der Waals surface area contributed by atoms with E-state index < -0.39 is 29.7 Å². The summed E-state index contributed by atoms with van der Waals surface area (Å²) in [7, 11) is 1.21. The van der Waals surface area contributed by atoms with Crippen LogP contribution in [0.15, 0.2) is 22.8 Å². The van der Waals surface area contributed by atoms with E-state index in [1.807, 2.05) is 0 Å². The lowest BCUT2D eigenvalue weighted by atomic mass is 9.79. The molecule has 2 atom stereocenters. The van der Waals surface area contributed by atoms with Crippen LogP contribution in [0, 0.1) is 23.7 Å². The van der Waals surface area contributed by atoms with Crippen LogP contribution in [0.25, 0.3) is 0 Å². The first kappa shape index (κ1) is 18.6. The van der Waals surface area contributed by atoms with Crippen molar-refractivity contribution in [2.45, 2.75) is 32.3 Å². The molecule has 0 aliphatic heterocycles. The second-order valence-electron chi connectivity index (χ2n) is 5.59. The standard InChI is InChI=1S/C18H20O7/c1-22-16(19)9-5-11-24-17(20)14-7-2-3-8-15(14)18(21)25-12-13-6-4-10-23-13/h4,6,10,14-15H,2-3,7-8,11-12H2,1H3/t14-,15-/m0/s1. The zero-order valence-electron chi connectivity index (χ0n) is 14.0. The van der Waals surface area contributed by atoms with Gasteiger partial charge in [-0.3, -0.25) is 9.59 Å². The SMILES string of the molecule is COC(=O)C#CCOC(=O)[C@H]1CCCC[C@@H]1C(=O)OCc1ccco1. The molecule has 2 rings (SSSR count). The summed E-state index contributed by atoms with van der Waals surface area (Å²) in [5.74, 6) is 2.38. The van der Waals surface area contributed by atoms with Crippen LogP contribution < -0.4 is 0 Å². The van der Waals surface area contributed by atoms with Crippen molar-refractivity contribution >= 4 is 17.9 Å². The van der Waals surface area contributed by atoms with Crippen LogP contribution in [0.5, 0.6) is 0 Å². The van der Waals surface area contributed by atoms with Crippen molar-refractivity contribution in [3.63, 3.8) is 0 Å². The van der Waals surface area contributed by atoms with Gasteiger partial charge in [0.2, 0.25) is 0 Å². The molecule has 0 unspecified atom stereocenters. The Labute approximate surface area is 145 Å². The van der Waals surface area contributed by atoms with Crippen LogP contribution in [-0.4, -0.2) is 31.6 Å². The van der Waals surface area contributed by atoms with Gasteiger partial charge in [-0.05, 0) is 30.9 Å². The number of hydrogen-bond donors (Lipinski definition) is 0. The highest BCUT2D eigenvalue weighted by Gasteiger charge is 2.37. The van der Waals surface area contributed by atoms with Gasteiger partial charge in [-0.25, -0.2) is 4.79 Å². The molecule has 0 aromatic carbocycles. The lowest BCUT2D eigenvalue weighted by Crippen LogP contribution is -2.35. The molecule has 7 nitrogen and oxygen atoms in total. The maximum Gasteiger partial charge on any atom is 0.384 e. The summed E-state index contributed by atoms with van der Waals surface area (Å²) in [6.45, 7) is -0.187. The molecule has 0 amide bonds. The quantitative estimate of drug-likeness (QED) is 0.347. The number of esters is 3. The largest absolute Gasteiger partial charge is 0.466 e. The fourth-order valence-electron chi connectivity index (χ4n) is 2.71. The summed E-state index contributed by atoms with van der Waals surface area (Å²) in [6, 6.07) is 3.42. The molecule has 1 saturated carbocycles. The summed E-state index contributed by atoms with van der Waals surface area (Å²) in [4.78, 5) is 35.4. The molecule has 0 bridgehead atoms. The van der Waals surface area contributed by atoms with Crippen LogP contribution in [0.3, 0.4) is 0 Å². The van der Waals surface area contributed by atoms with Crippen molar-refractivity contribution in [3.8, 4) is 11.8 Å². The van der Waals surface area contributed by atoms with E-state index in [9.17, 15) is 14.4 Å². The summed E-state index contributed by atoms with van der Waals surface area (Å²) in [5.41, 5.74) is 0. The highest BCUT2D eigenvalue weighted by Crippen LogP contribution is 2.32. The molecular formula is C18H20O7. The first-order chi connectivity index (χ1) is 12.1. The molecule has 1 aliphatic rings. The molecule has 0 saturated heterocycles. The van der Waals surface area contributed by atoms with Crippen molar-refractivity contribution in [1.82, 2.24) is 0 Å². The molecule has 7 heteroatoms. The van der Waals surface area contributed by atoms with Gasteiger partial charge >= 0.3 is 17.9 Å². The van der Waals surface area contributed by atoms with Crippen LogP contribution in [0.1, 0.15) is 31.4 Å². The molecule has 1 fully saturated rings. The molecule has 1 heterocycles. The lowest BCUT2D eigenvalue weighted by molar-refractivity contribution is -0.163. The van der Waals surface area contributed by atoms with Crippen molar-refractivity contribution in [3.05, 3.63) is 24.2 Å². The van der Waals surface area contributed by atoms with E-state index in [0.717, 1.165) is 12.8 Å². The van der Waals surface area contributed by atoms with E-state index in [1.54, 1.807) is 12.1 Å². The number of furan rings is 1. The predicted molar refractivity (Wildman–Crippen MR) is 84.7 cm³/mol. The normalized spacial score (nSPS) is 19.2. The number of methoxy groups -OCH3 is 1. The Balaban J connectivity index is 1.87. The third kappa shape index (κ3) is 5.68. The van der Waals surface area contributed by atoms with Gasteiger partial charge in [0.05, 0.1) is 25.2 Å². The maximum absolute atomic E-state index is 12.3. The van der Waals surface area contributed by atoms with E-state index in [0.29, 0.717) is 18.6 Å². The summed E-state index contributed by atoms with van der Waals surface area (Å²) >= 11 is 0. The number of carbonyl (C=O) groups excluding carboxylic acids is 3. The third-order valence-corrected chi connectivity index (χ3v) is 3.97. The van der Waals surface area contributed by atoms with E-state index in [1.165, 1.54) is 13.4 Å². The maximum atomic E-state index is 12.3. The van der Waals surface area contributed by atoms with Crippen molar-refractivity contribution in [2.75, 3.05) is 13.7 Å². The van der Waals surface area contributed by atoms with Gasteiger partial charge in [-0.1, -0.05) is 12.8 Å². The van der Waals surface area contributed by atoms with Crippen LogP contribution in [0.2, 0.25) is 0 Å². The molecule has 0 radical (unpaired) electrons. The van der Waals surface area contributed by atoms with Gasteiger partial charge < -0.3 is 18.6 Å². The van der Waals surface area contributed by atoms with Crippen molar-refractivity contribution in [2.24, 2.45) is 11.8 Å².